The molecule has 0 saturated heterocycles. The molecule has 0 aliphatic heterocycles. The van der Waals surface area contributed by atoms with Gasteiger partial charge in [0, 0.05) is 19.3 Å². The van der Waals surface area contributed by atoms with Crippen LogP contribution < -0.4 is 16.4 Å². The van der Waals surface area contributed by atoms with E-state index in [1.165, 1.54) is 0 Å². The van der Waals surface area contributed by atoms with Crippen LogP contribution in [-0.4, -0.2) is 29.5 Å². The van der Waals surface area contributed by atoms with Gasteiger partial charge in [-0.3, -0.25) is 4.79 Å². The lowest BCUT2D eigenvalue weighted by Gasteiger charge is -2.10. The summed E-state index contributed by atoms with van der Waals surface area (Å²) in [4.78, 5) is 15.8. The number of amides is 1. The summed E-state index contributed by atoms with van der Waals surface area (Å²) in [6.07, 6.45) is 4.31. The topological polar surface area (TPSA) is 80.0 Å². The van der Waals surface area contributed by atoms with E-state index in [4.69, 9.17) is 5.73 Å². The monoisotopic (exact) mass is 320 g/mol. The Bertz CT molecular complexity index is 421. The van der Waals surface area contributed by atoms with Crippen molar-refractivity contribution in [1.82, 2.24) is 10.3 Å². The summed E-state index contributed by atoms with van der Waals surface area (Å²) in [5, 5.41) is 6.06. The van der Waals surface area contributed by atoms with E-state index in [1.54, 1.807) is 0 Å². The third-order valence-corrected chi connectivity index (χ3v) is 3.10. The molecule has 0 radical (unpaired) electrons. The number of carbonyl (C=O) groups is 1. The van der Waals surface area contributed by atoms with Crippen molar-refractivity contribution in [3.8, 4) is 0 Å². The van der Waals surface area contributed by atoms with Gasteiger partial charge in [-0.15, -0.1) is 24.8 Å². The van der Waals surface area contributed by atoms with Gasteiger partial charge in [0.1, 0.15) is 5.82 Å². The Balaban J connectivity index is 0.00000180. The number of aromatic nitrogens is 1. The van der Waals surface area contributed by atoms with Crippen molar-refractivity contribution < 1.29 is 4.79 Å². The Hall–Kier alpha value is -1.04. The molecule has 5 nitrogen and oxygen atoms in total. The van der Waals surface area contributed by atoms with Crippen LogP contribution in [0.4, 0.5) is 5.82 Å². The molecule has 0 spiro atoms. The maximum atomic E-state index is 11.5. The molecule has 0 atom stereocenters. The van der Waals surface area contributed by atoms with Crippen LogP contribution in [0.15, 0.2) is 18.3 Å². The highest BCUT2D eigenvalue weighted by molar-refractivity contribution is 5.88. The van der Waals surface area contributed by atoms with E-state index in [1.807, 2.05) is 25.3 Å². The molecule has 1 fully saturated rings. The number of carbonyl (C=O) groups excluding carboxylic acids is 1. The fraction of sp³-hybridized carbons (Fsp3) is 0.538. The lowest BCUT2D eigenvalue weighted by atomic mass is 10.2. The fourth-order valence-corrected chi connectivity index (χ4v) is 1.62. The van der Waals surface area contributed by atoms with Gasteiger partial charge in [-0.05, 0) is 37.8 Å². The van der Waals surface area contributed by atoms with Crippen molar-refractivity contribution in [2.24, 2.45) is 5.73 Å². The number of nitrogens with two attached hydrogens (primary N) is 1. The molecule has 0 aromatic carbocycles. The Morgan fingerprint density at radius 2 is 2.05 bits per heavy atom. The van der Waals surface area contributed by atoms with Crippen molar-refractivity contribution in [2.45, 2.75) is 31.7 Å². The van der Waals surface area contributed by atoms with Crippen molar-refractivity contribution in [2.75, 3.05) is 18.4 Å². The Kier molecular flexibility index (Phi) is 7.86. The summed E-state index contributed by atoms with van der Waals surface area (Å²) in [6.45, 7) is 3.44. The second-order valence-electron chi connectivity index (χ2n) is 4.91. The molecule has 0 bridgehead atoms. The van der Waals surface area contributed by atoms with Gasteiger partial charge in [-0.1, -0.05) is 6.07 Å². The second kappa shape index (κ2) is 8.29. The highest BCUT2D eigenvalue weighted by Crippen LogP contribution is 2.31. The standard InChI is InChI=1S/C13H20N4O.2ClH/c1-10-3-4-11(17-9-10)15-7-2-8-16-12(18)13(14)5-6-13;;/h3-4,9H,2,5-8,14H2,1H3,(H,15,17)(H,16,18);2*1H. The van der Waals surface area contributed by atoms with E-state index in [0.717, 1.165) is 37.2 Å². The summed E-state index contributed by atoms with van der Waals surface area (Å²) in [6, 6.07) is 3.97. The first-order chi connectivity index (χ1) is 8.60. The zero-order valence-corrected chi connectivity index (χ0v) is 13.1. The molecule has 1 heterocycles. The molecule has 20 heavy (non-hydrogen) atoms. The van der Waals surface area contributed by atoms with Crippen molar-refractivity contribution in [3.63, 3.8) is 0 Å². The predicted octanol–water partition coefficient (Wildman–Crippen LogP) is 1.64. The molecule has 1 saturated carbocycles. The van der Waals surface area contributed by atoms with Gasteiger partial charge in [0.05, 0.1) is 5.54 Å². The lowest BCUT2D eigenvalue weighted by Crippen LogP contribution is -2.43. The highest BCUT2D eigenvalue weighted by Gasteiger charge is 2.45. The minimum atomic E-state index is -0.564. The highest BCUT2D eigenvalue weighted by atomic mass is 35.5. The van der Waals surface area contributed by atoms with E-state index >= 15 is 0 Å². The number of aryl methyl sites for hydroxylation is 1. The van der Waals surface area contributed by atoms with Crippen LogP contribution in [0, 0.1) is 6.92 Å². The normalized spacial score (nSPS) is 14.5. The van der Waals surface area contributed by atoms with Gasteiger partial charge in [0.25, 0.3) is 0 Å². The van der Waals surface area contributed by atoms with E-state index in [9.17, 15) is 4.79 Å². The van der Waals surface area contributed by atoms with Gasteiger partial charge in [0.2, 0.25) is 5.91 Å². The second-order valence-corrected chi connectivity index (χ2v) is 4.91. The van der Waals surface area contributed by atoms with Crippen LogP contribution >= 0.6 is 24.8 Å². The third kappa shape index (κ3) is 5.53. The van der Waals surface area contributed by atoms with E-state index in [2.05, 4.69) is 15.6 Å². The number of anilines is 1. The summed E-state index contributed by atoms with van der Waals surface area (Å²) in [7, 11) is 0. The summed E-state index contributed by atoms with van der Waals surface area (Å²) >= 11 is 0. The number of halogens is 2. The average Bonchev–Trinajstić information content (AvgIpc) is 3.10. The first kappa shape index (κ1) is 19.0. The Morgan fingerprint density at radius 3 is 2.60 bits per heavy atom. The smallest absolute Gasteiger partial charge is 0.240 e. The van der Waals surface area contributed by atoms with Crippen LogP contribution in [0.25, 0.3) is 0 Å². The van der Waals surface area contributed by atoms with E-state index in [-0.39, 0.29) is 30.7 Å². The zero-order valence-electron chi connectivity index (χ0n) is 11.5. The van der Waals surface area contributed by atoms with Gasteiger partial charge in [-0.2, -0.15) is 0 Å². The maximum Gasteiger partial charge on any atom is 0.240 e. The molecule has 1 aliphatic rings. The Morgan fingerprint density at radius 1 is 1.35 bits per heavy atom. The number of hydrogen-bond donors (Lipinski definition) is 3. The number of nitrogens with zero attached hydrogens (tertiary/aromatic N) is 1. The maximum absolute atomic E-state index is 11.5. The molecule has 0 unspecified atom stereocenters. The molecule has 1 amide bonds. The van der Waals surface area contributed by atoms with Gasteiger partial charge in [-0.25, -0.2) is 4.98 Å². The first-order valence-electron chi connectivity index (χ1n) is 6.34. The first-order valence-corrected chi connectivity index (χ1v) is 6.34. The number of rotatable bonds is 6. The van der Waals surface area contributed by atoms with Crippen LogP contribution in [0.2, 0.25) is 0 Å². The van der Waals surface area contributed by atoms with Gasteiger partial charge < -0.3 is 16.4 Å². The number of pyridine rings is 1. The van der Waals surface area contributed by atoms with Crippen LogP contribution in [0.5, 0.6) is 0 Å². The number of hydrogen-bond acceptors (Lipinski definition) is 4. The average molecular weight is 321 g/mol. The van der Waals surface area contributed by atoms with Crippen molar-refractivity contribution in [1.29, 1.82) is 0 Å². The molecule has 2 rings (SSSR count). The molecule has 1 aromatic heterocycles. The SMILES string of the molecule is Cc1ccc(NCCCNC(=O)C2(N)CC2)nc1.Cl.Cl. The summed E-state index contributed by atoms with van der Waals surface area (Å²) in [5.74, 6) is 0.848. The van der Waals surface area contributed by atoms with Gasteiger partial charge >= 0.3 is 0 Å². The third-order valence-electron chi connectivity index (χ3n) is 3.10. The van der Waals surface area contributed by atoms with Crippen LogP contribution in [0.3, 0.4) is 0 Å². The van der Waals surface area contributed by atoms with Crippen molar-refractivity contribution >= 4 is 36.5 Å². The Labute approximate surface area is 131 Å². The molecule has 7 heteroatoms. The van der Waals surface area contributed by atoms with E-state index < -0.39 is 5.54 Å². The lowest BCUT2D eigenvalue weighted by molar-refractivity contribution is -0.123. The van der Waals surface area contributed by atoms with Crippen molar-refractivity contribution in [3.05, 3.63) is 23.9 Å². The van der Waals surface area contributed by atoms with E-state index in [0.29, 0.717) is 6.54 Å². The number of nitrogens with one attached hydrogen (secondary N) is 2. The fourth-order valence-electron chi connectivity index (χ4n) is 1.62. The van der Waals surface area contributed by atoms with Crippen LogP contribution in [0.1, 0.15) is 24.8 Å². The summed E-state index contributed by atoms with van der Waals surface area (Å²) < 4.78 is 0. The molecular formula is C13H22Cl2N4O. The van der Waals surface area contributed by atoms with Crippen LogP contribution in [-0.2, 0) is 4.79 Å². The zero-order chi connectivity index (χ0) is 13.0. The predicted molar refractivity (Wildman–Crippen MR) is 85.7 cm³/mol. The molecule has 1 aliphatic carbocycles. The quantitative estimate of drug-likeness (QED) is 0.696. The minimum absolute atomic E-state index is 0. The summed E-state index contributed by atoms with van der Waals surface area (Å²) in [5.41, 5.74) is 6.35. The van der Waals surface area contributed by atoms with Gasteiger partial charge in [0.15, 0.2) is 0 Å². The molecule has 4 N–H and O–H groups in total. The minimum Gasteiger partial charge on any atom is -0.370 e. The molecule has 1 aromatic rings. The molecular weight excluding hydrogens is 299 g/mol. The molecule has 114 valence electrons. The largest absolute Gasteiger partial charge is 0.370 e.